The second kappa shape index (κ2) is 3.90. The van der Waals surface area contributed by atoms with Gasteiger partial charge in [0.25, 0.3) is 0 Å². The zero-order valence-electron chi connectivity index (χ0n) is 8.47. The summed E-state index contributed by atoms with van der Waals surface area (Å²) >= 11 is 1.52. The van der Waals surface area contributed by atoms with E-state index in [1.165, 1.54) is 11.8 Å². The Hall–Kier alpha value is -1.55. The predicted octanol–water partition coefficient (Wildman–Crippen LogP) is 2.74. The van der Waals surface area contributed by atoms with E-state index in [2.05, 4.69) is 23.2 Å². The van der Waals surface area contributed by atoms with E-state index in [0.717, 1.165) is 21.9 Å². The van der Waals surface area contributed by atoms with Crippen LogP contribution in [-0.4, -0.2) is 20.9 Å². The Kier molecular flexibility index (Phi) is 2.60. The summed E-state index contributed by atoms with van der Waals surface area (Å²) < 4.78 is 1.84. The summed E-state index contributed by atoms with van der Waals surface area (Å²) in [6.07, 6.45) is 7.33. The Labute approximate surface area is 92.5 Å². The molecule has 0 fully saturated rings. The van der Waals surface area contributed by atoms with Crippen molar-refractivity contribution in [2.75, 3.05) is 6.26 Å². The molecule has 0 aromatic carbocycles. The van der Waals surface area contributed by atoms with Crippen LogP contribution in [0.25, 0.3) is 17.7 Å². The molecule has 0 atom stereocenters. The number of hydrogen-bond acceptors (Lipinski definition) is 3. The lowest BCUT2D eigenvalue weighted by atomic mass is 10.2. The molecule has 2 aromatic heterocycles. The van der Waals surface area contributed by atoms with Crippen molar-refractivity contribution in [1.29, 1.82) is 0 Å². The summed E-state index contributed by atoms with van der Waals surface area (Å²) in [5.41, 5.74) is 2.94. The zero-order chi connectivity index (χ0) is 10.8. The highest BCUT2D eigenvalue weighted by molar-refractivity contribution is 7.98. The lowest BCUT2D eigenvalue weighted by Gasteiger charge is -1.99. The first kappa shape index (κ1) is 9.98. The molecule has 0 saturated heterocycles. The van der Waals surface area contributed by atoms with E-state index in [0.29, 0.717) is 0 Å². The molecule has 0 radical (unpaired) electrons. The third-order valence-electron chi connectivity index (χ3n) is 2.16. The van der Waals surface area contributed by atoms with E-state index >= 15 is 0 Å². The summed E-state index contributed by atoms with van der Waals surface area (Å²) in [4.78, 5) is 4.21. The number of aromatic nitrogens is 3. The van der Waals surface area contributed by atoms with Crippen molar-refractivity contribution in [3.63, 3.8) is 0 Å². The van der Waals surface area contributed by atoms with E-state index in [1.807, 2.05) is 16.8 Å². The van der Waals surface area contributed by atoms with E-state index < -0.39 is 0 Å². The van der Waals surface area contributed by atoms with E-state index in [-0.39, 0.29) is 0 Å². The molecule has 3 nitrogen and oxygen atoms in total. The number of rotatable bonds is 3. The molecule has 15 heavy (non-hydrogen) atoms. The lowest BCUT2D eigenvalue weighted by molar-refractivity contribution is 0.793. The van der Waals surface area contributed by atoms with Gasteiger partial charge in [-0.05, 0) is 18.4 Å². The maximum atomic E-state index is 4.38. The van der Waals surface area contributed by atoms with Gasteiger partial charge in [0.1, 0.15) is 0 Å². The molecule has 0 aliphatic heterocycles. The molecule has 0 unspecified atom stereocenters. The zero-order valence-corrected chi connectivity index (χ0v) is 9.29. The van der Waals surface area contributed by atoms with Crippen molar-refractivity contribution >= 4 is 29.4 Å². The first-order chi connectivity index (χ1) is 7.30. The van der Waals surface area contributed by atoms with Crippen LogP contribution in [0.3, 0.4) is 0 Å². The van der Waals surface area contributed by atoms with Crippen LogP contribution in [0.2, 0.25) is 0 Å². The molecule has 4 heteroatoms. The number of fused-ring (bicyclic) bond motifs is 1. The molecule has 0 N–H and O–H groups in total. The second-order valence-electron chi connectivity index (χ2n) is 2.97. The third-order valence-corrected chi connectivity index (χ3v) is 2.71. The van der Waals surface area contributed by atoms with Crippen molar-refractivity contribution in [1.82, 2.24) is 14.6 Å². The van der Waals surface area contributed by atoms with Gasteiger partial charge in [0, 0.05) is 5.56 Å². The number of nitrogens with zero attached hydrogens (tertiary/aromatic N) is 3. The average Bonchev–Trinajstić information content (AvgIpc) is 2.65. The predicted molar refractivity (Wildman–Crippen MR) is 65.0 cm³/mol. The molecule has 0 spiro atoms. The smallest absolute Gasteiger partial charge is 0.207 e. The van der Waals surface area contributed by atoms with Crippen LogP contribution in [0.15, 0.2) is 30.6 Å². The van der Waals surface area contributed by atoms with Crippen LogP contribution in [0.4, 0.5) is 0 Å². The van der Waals surface area contributed by atoms with Gasteiger partial charge in [-0.3, -0.25) is 0 Å². The van der Waals surface area contributed by atoms with E-state index in [1.54, 1.807) is 18.3 Å². The Bertz CT molecular complexity index is 528. The van der Waals surface area contributed by atoms with Gasteiger partial charge in [0.05, 0.1) is 17.4 Å². The van der Waals surface area contributed by atoms with Crippen LogP contribution in [-0.2, 0) is 0 Å². The third kappa shape index (κ3) is 1.57. The summed E-state index contributed by atoms with van der Waals surface area (Å²) in [5.74, 6) is 0. The molecule has 2 rings (SSSR count). The highest BCUT2D eigenvalue weighted by Gasteiger charge is 2.06. The molecule has 0 aliphatic rings. The largest absolute Gasteiger partial charge is 0.229 e. The summed E-state index contributed by atoms with van der Waals surface area (Å²) in [6, 6.07) is 1.99. The van der Waals surface area contributed by atoms with Gasteiger partial charge in [0.2, 0.25) is 5.16 Å². The van der Waals surface area contributed by atoms with E-state index in [9.17, 15) is 0 Å². The Morgan fingerprint density at radius 2 is 2.20 bits per heavy atom. The van der Waals surface area contributed by atoms with Gasteiger partial charge >= 0.3 is 0 Å². The first-order valence-electron chi connectivity index (χ1n) is 4.47. The number of thioether (sulfide) groups is 1. The maximum Gasteiger partial charge on any atom is 0.207 e. The lowest BCUT2D eigenvalue weighted by Crippen LogP contribution is -1.97. The Balaban J connectivity index is 2.78. The minimum atomic E-state index is 0.747. The number of hydrogen-bond donors (Lipinski definition) is 0. The van der Waals surface area contributed by atoms with Crippen molar-refractivity contribution in [3.05, 3.63) is 36.7 Å². The molecule has 0 bridgehead atoms. The molecule has 0 aliphatic carbocycles. The van der Waals surface area contributed by atoms with Crippen LogP contribution in [0, 0.1) is 0 Å². The molecule has 0 saturated carbocycles. The van der Waals surface area contributed by atoms with Crippen LogP contribution < -0.4 is 0 Å². The first-order valence-corrected chi connectivity index (χ1v) is 5.70. The second-order valence-corrected chi connectivity index (χ2v) is 3.75. The normalized spacial score (nSPS) is 10.5. The quantitative estimate of drug-likeness (QED) is 0.740. The van der Waals surface area contributed by atoms with Crippen molar-refractivity contribution in [2.24, 2.45) is 0 Å². The standard InChI is InChI=1S/C11H11N3S/c1-4-8-6-9-7-12-11(15-3)13-14(9)10(8)5-2/h4-7H,1-2H2,3H3. The van der Waals surface area contributed by atoms with Gasteiger partial charge < -0.3 is 0 Å². The fraction of sp³-hybridized carbons (Fsp3) is 0.0909. The highest BCUT2D eigenvalue weighted by atomic mass is 32.2. The van der Waals surface area contributed by atoms with Crippen molar-refractivity contribution in [3.8, 4) is 0 Å². The van der Waals surface area contributed by atoms with Gasteiger partial charge in [0.15, 0.2) is 0 Å². The fourth-order valence-corrected chi connectivity index (χ4v) is 1.77. The fourth-order valence-electron chi connectivity index (χ4n) is 1.45. The SMILES string of the molecule is C=Cc1cc2cnc(SC)nn2c1C=C. The van der Waals surface area contributed by atoms with Gasteiger partial charge in [-0.25, -0.2) is 9.50 Å². The van der Waals surface area contributed by atoms with E-state index in [4.69, 9.17) is 0 Å². The molecule has 76 valence electrons. The van der Waals surface area contributed by atoms with Crippen LogP contribution in [0.5, 0.6) is 0 Å². The van der Waals surface area contributed by atoms with Gasteiger partial charge in [-0.15, -0.1) is 5.10 Å². The Morgan fingerprint density at radius 1 is 1.40 bits per heavy atom. The average molecular weight is 217 g/mol. The molecule has 0 amide bonds. The monoisotopic (exact) mass is 217 g/mol. The summed E-state index contributed by atoms with van der Waals surface area (Å²) in [5, 5.41) is 5.13. The van der Waals surface area contributed by atoms with Crippen LogP contribution >= 0.6 is 11.8 Å². The Morgan fingerprint density at radius 3 is 2.80 bits per heavy atom. The topological polar surface area (TPSA) is 30.2 Å². The van der Waals surface area contributed by atoms with Crippen molar-refractivity contribution < 1.29 is 0 Å². The van der Waals surface area contributed by atoms with Gasteiger partial charge in [-0.1, -0.05) is 31.0 Å². The minimum Gasteiger partial charge on any atom is -0.229 e. The minimum absolute atomic E-state index is 0.747. The summed E-state index contributed by atoms with van der Waals surface area (Å²) in [7, 11) is 0. The van der Waals surface area contributed by atoms with Crippen molar-refractivity contribution in [2.45, 2.75) is 5.16 Å². The van der Waals surface area contributed by atoms with Crippen LogP contribution in [0.1, 0.15) is 11.3 Å². The molecular formula is C11H11N3S. The molecular weight excluding hydrogens is 206 g/mol. The summed E-state index contributed by atoms with van der Waals surface area (Å²) in [6.45, 7) is 7.54. The molecule has 2 heterocycles. The highest BCUT2D eigenvalue weighted by Crippen LogP contribution is 2.18. The molecule has 2 aromatic rings. The maximum absolute atomic E-state index is 4.38. The van der Waals surface area contributed by atoms with Gasteiger partial charge in [-0.2, -0.15) is 0 Å².